The molecule has 0 spiro atoms. The van der Waals surface area contributed by atoms with Crippen molar-refractivity contribution >= 4 is 11.6 Å². The normalized spacial score (nSPS) is 12.7. The molecule has 0 saturated carbocycles. The van der Waals surface area contributed by atoms with Crippen LogP contribution in [0.3, 0.4) is 0 Å². The lowest BCUT2D eigenvalue weighted by Gasteiger charge is -2.06. The van der Waals surface area contributed by atoms with E-state index in [-0.39, 0.29) is 11.7 Å². The number of aryl methyl sites for hydroxylation is 1. The van der Waals surface area contributed by atoms with Gasteiger partial charge in [0.1, 0.15) is 11.6 Å². The number of amides is 1. The van der Waals surface area contributed by atoms with Gasteiger partial charge in [0, 0.05) is 22.5 Å². The molecule has 0 aliphatic heterocycles. The lowest BCUT2D eigenvalue weighted by Crippen LogP contribution is -2.15. The molecule has 1 aliphatic rings. The highest BCUT2D eigenvalue weighted by atomic mass is 19.1. The van der Waals surface area contributed by atoms with Gasteiger partial charge in [-0.1, -0.05) is 12.1 Å². The van der Waals surface area contributed by atoms with E-state index >= 15 is 0 Å². The van der Waals surface area contributed by atoms with Crippen LogP contribution in [0.25, 0.3) is 17.1 Å². The molecule has 150 valence electrons. The second-order valence-electron chi connectivity index (χ2n) is 7.29. The van der Waals surface area contributed by atoms with Crippen LogP contribution in [0.15, 0.2) is 48.5 Å². The minimum atomic E-state index is -0.304. The maximum Gasteiger partial charge on any atom is 0.276 e. The smallest absolute Gasteiger partial charge is 0.276 e. The third-order valence-corrected chi connectivity index (χ3v) is 5.19. The average molecular weight is 402 g/mol. The summed E-state index contributed by atoms with van der Waals surface area (Å²) in [7, 11) is 0. The van der Waals surface area contributed by atoms with Crippen LogP contribution < -0.4 is 5.32 Å². The van der Waals surface area contributed by atoms with Crippen molar-refractivity contribution in [2.75, 3.05) is 5.32 Å². The van der Waals surface area contributed by atoms with Crippen LogP contribution in [-0.2, 0) is 12.8 Å². The molecule has 2 heterocycles. The molecular weight excluding hydrogens is 383 g/mol. The Labute approximate surface area is 172 Å². The SMILES string of the molecule is Cc1nc(-c2cccc(NC(=O)c3nn(-c4ccc(F)cc4)c4c3CCC4)c2)n[nH]1. The van der Waals surface area contributed by atoms with Gasteiger partial charge in [-0.2, -0.15) is 10.2 Å². The second kappa shape index (κ2) is 7.22. The minimum Gasteiger partial charge on any atom is -0.321 e. The van der Waals surface area contributed by atoms with Gasteiger partial charge < -0.3 is 5.32 Å². The van der Waals surface area contributed by atoms with Gasteiger partial charge >= 0.3 is 0 Å². The molecule has 5 rings (SSSR count). The van der Waals surface area contributed by atoms with Gasteiger partial charge in [0.05, 0.1) is 5.69 Å². The Bertz CT molecular complexity index is 1240. The highest BCUT2D eigenvalue weighted by molar-refractivity contribution is 6.04. The summed E-state index contributed by atoms with van der Waals surface area (Å²) in [6.45, 7) is 1.83. The molecule has 2 aromatic heterocycles. The summed E-state index contributed by atoms with van der Waals surface area (Å²) < 4.78 is 15.1. The first-order chi connectivity index (χ1) is 14.6. The molecule has 0 fully saturated rings. The van der Waals surface area contributed by atoms with Crippen molar-refractivity contribution in [1.29, 1.82) is 0 Å². The predicted octanol–water partition coefficient (Wildman–Crippen LogP) is 3.85. The number of nitrogens with zero attached hydrogens (tertiary/aromatic N) is 4. The fourth-order valence-electron chi connectivity index (χ4n) is 3.81. The lowest BCUT2D eigenvalue weighted by atomic mass is 10.1. The van der Waals surface area contributed by atoms with Crippen LogP contribution in [0, 0.1) is 12.7 Å². The summed E-state index contributed by atoms with van der Waals surface area (Å²) in [6.07, 6.45) is 2.61. The first-order valence-corrected chi connectivity index (χ1v) is 9.76. The number of aromatic amines is 1. The van der Waals surface area contributed by atoms with E-state index in [0.717, 1.165) is 47.6 Å². The number of hydrogen-bond donors (Lipinski definition) is 2. The van der Waals surface area contributed by atoms with Crippen LogP contribution in [0.4, 0.5) is 10.1 Å². The van der Waals surface area contributed by atoms with Crippen LogP contribution in [0.5, 0.6) is 0 Å². The third-order valence-electron chi connectivity index (χ3n) is 5.19. The van der Waals surface area contributed by atoms with Crippen molar-refractivity contribution < 1.29 is 9.18 Å². The summed E-state index contributed by atoms with van der Waals surface area (Å²) in [5, 5.41) is 14.5. The van der Waals surface area contributed by atoms with E-state index < -0.39 is 0 Å². The summed E-state index contributed by atoms with van der Waals surface area (Å²) in [5.41, 5.74) is 4.57. The van der Waals surface area contributed by atoms with Gasteiger partial charge in [-0.15, -0.1) is 0 Å². The quantitative estimate of drug-likeness (QED) is 0.543. The first-order valence-electron chi connectivity index (χ1n) is 9.76. The fourth-order valence-corrected chi connectivity index (χ4v) is 3.81. The molecule has 0 radical (unpaired) electrons. The maximum atomic E-state index is 13.3. The Kier molecular flexibility index (Phi) is 4.39. The molecule has 7 nitrogen and oxygen atoms in total. The van der Waals surface area contributed by atoms with Gasteiger partial charge in [0.15, 0.2) is 11.5 Å². The van der Waals surface area contributed by atoms with E-state index in [1.807, 2.05) is 31.2 Å². The van der Waals surface area contributed by atoms with Crippen molar-refractivity contribution in [3.05, 3.63) is 77.1 Å². The van der Waals surface area contributed by atoms with E-state index in [0.29, 0.717) is 17.2 Å². The number of carbonyl (C=O) groups excluding carboxylic acids is 1. The van der Waals surface area contributed by atoms with Crippen molar-refractivity contribution in [1.82, 2.24) is 25.0 Å². The topological polar surface area (TPSA) is 88.5 Å². The molecule has 1 aliphatic carbocycles. The first kappa shape index (κ1) is 18.2. The molecule has 30 heavy (non-hydrogen) atoms. The van der Waals surface area contributed by atoms with Crippen LogP contribution >= 0.6 is 0 Å². The molecular formula is C22H19FN6O. The number of nitrogens with one attached hydrogen (secondary N) is 2. The monoisotopic (exact) mass is 402 g/mol. The molecule has 0 unspecified atom stereocenters. The highest BCUT2D eigenvalue weighted by Crippen LogP contribution is 2.29. The minimum absolute atomic E-state index is 0.266. The number of fused-ring (bicyclic) bond motifs is 1. The highest BCUT2D eigenvalue weighted by Gasteiger charge is 2.27. The molecule has 0 saturated heterocycles. The van der Waals surface area contributed by atoms with Gasteiger partial charge in [0.25, 0.3) is 5.91 Å². The van der Waals surface area contributed by atoms with Gasteiger partial charge in [-0.25, -0.2) is 14.1 Å². The number of benzene rings is 2. The Morgan fingerprint density at radius 3 is 2.77 bits per heavy atom. The largest absolute Gasteiger partial charge is 0.321 e. The van der Waals surface area contributed by atoms with Gasteiger partial charge in [0.2, 0.25) is 0 Å². The summed E-state index contributed by atoms with van der Waals surface area (Å²) in [5.74, 6) is 0.728. The molecule has 0 atom stereocenters. The van der Waals surface area contributed by atoms with Crippen molar-refractivity contribution in [2.24, 2.45) is 0 Å². The zero-order valence-electron chi connectivity index (χ0n) is 16.3. The zero-order valence-corrected chi connectivity index (χ0v) is 16.3. The number of hydrogen-bond acceptors (Lipinski definition) is 4. The molecule has 2 aromatic carbocycles. The van der Waals surface area contributed by atoms with E-state index in [1.54, 1.807) is 16.8 Å². The summed E-state index contributed by atoms with van der Waals surface area (Å²) in [6, 6.07) is 13.5. The Balaban J connectivity index is 1.45. The number of aromatic nitrogens is 5. The van der Waals surface area contributed by atoms with E-state index in [2.05, 4.69) is 25.6 Å². The number of rotatable bonds is 4. The summed E-state index contributed by atoms with van der Waals surface area (Å²) in [4.78, 5) is 17.4. The number of carbonyl (C=O) groups is 1. The molecule has 2 N–H and O–H groups in total. The van der Waals surface area contributed by atoms with Gasteiger partial charge in [-0.05, 0) is 62.6 Å². The number of halogens is 1. The zero-order chi connectivity index (χ0) is 20.7. The Morgan fingerprint density at radius 2 is 2.00 bits per heavy atom. The van der Waals surface area contributed by atoms with E-state index in [4.69, 9.17) is 0 Å². The average Bonchev–Trinajstić information content (AvgIpc) is 3.45. The standard InChI is InChI=1S/C22H19FN6O/c1-13-24-21(27-26-13)14-4-2-5-16(12-14)25-22(30)20-18-6-3-7-19(18)29(28-20)17-10-8-15(23)9-11-17/h2,4-5,8-12H,3,6-7H2,1H3,(H,25,30)(H,24,26,27). The Hall–Kier alpha value is -3.81. The number of anilines is 1. The second-order valence-corrected chi connectivity index (χ2v) is 7.29. The Morgan fingerprint density at radius 1 is 1.17 bits per heavy atom. The van der Waals surface area contributed by atoms with E-state index in [1.165, 1.54) is 12.1 Å². The maximum absolute atomic E-state index is 13.3. The lowest BCUT2D eigenvalue weighted by molar-refractivity contribution is 0.102. The van der Waals surface area contributed by atoms with Crippen molar-refractivity contribution in [3.63, 3.8) is 0 Å². The summed E-state index contributed by atoms with van der Waals surface area (Å²) >= 11 is 0. The molecule has 1 amide bonds. The van der Waals surface area contributed by atoms with E-state index in [9.17, 15) is 9.18 Å². The predicted molar refractivity (Wildman–Crippen MR) is 110 cm³/mol. The third kappa shape index (κ3) is 3.26. The number of H-pyrrole nitrogens is 1. The molecule has 0 bridgehead atoms. The molecule has 4 aromatic rings. The van der Waals surface area contributed by atoms with Crippen molar-refractivity contribution in [3.8, 4) is 17.1 Å². The van der Waals surface area contributed by atoms with Crippen LogP contribution in [0.2, 0.25) is 0 Å². The fraction of sp³-hybridized carbons (Fsp3) is 0.182. The van der Waals surface area contributed by atoms with Gasteiger partial charge in [-0.3, -0.25) is 9.89 Å². The van der Waals surface area contributed by atoms with Crippen LogP contribution in [-0.4, -0.2) is 30.9 Å². The van der Waals surface area contributed by atoms with Crippen LogP contribution in [0.1, 0.15) is 34.0 Å². The molecule has 8 heteroatoms. The van der Waals surface area contributed by atoms with Crippen molar-refractivity contribution in [2.45, 2.75) is 26.2 Å².